The van der Waals surface area contributed by atoms with Crippen LogP contribution in [-0.2, 0) is 24.3 Å². The van der Waals surface area contributed by atoms with Crippen molar-refractivity contribution in [1.82, 2.24) is 10.2 Å². The summed E-state index contributed by atoms with van der Waals surface area (Å²) in [6, 6.07) is 16.1. The highest BCUT2D eigenvalue weighted by Crippen LogP contribution is 2.18. The van der Waals surface area contributed by atoms with Crippen LogP contribution in [0.2, 0.25) is 0 Å². The second-order valence-corrected chi connectivity index (χ2v) is 6.33. The van der Waals surface area contributed by atoms with Crippen LogP contribution in [0.3, 0.4) is 0 Å². The molecule has 0 spiro atoms. The van der Waals surface area contributed by atoms with Crippen LogP contribution in [0, 0.1) is 0 Å². The minimum atomic E-state index is -0.178. The molecule has 1 heterocycles. The standard InChI is InChI=1S/C19H23N3O/c1-22(2)13-14-6-5-9-17(10-14)21-19(23)18-11-15-7-3-4-8-16(15)12-20-18/h3-10,18,20H,11-13H2,1-2H3,(H,21,23). The van der Waals surface area contributed by atoms with E-state index in [0.29, 0.717) is 0 Å². The first-order valence-electron chi connectivity index (χ1n) is 7.96. The lowest BCUT2D eigenvalue weighted by Gasteiger charge is -2.25. The molecule has 23 heavy (non-hydrogen) atoms. The molecule has 0 aromatic heterocycles. The largest absolute Gasteiger partial charge is 0.325 e. The van der Waals surface area contributed by atoms with Crippen LogP contribution in [0.5, 0.6) is 0 Å². The van der Waals surface area contributed by atoms with Crippen molar-refractivity contribution in [3.05, 3.63) is 65.2 Å². The molecule has 120 valence electrons. The quantitative estimate of drug-likeness (QED) is 0.911. The normalized spacial score (nSPS) is 16.9. The SMILES string of the molecule is CN(C)Cc1cccc(NC(=O)C2Cc3ccccc3CN2)c1. The molecule has 0 bridgehead atoms. The van der Waals surface area contributed by atoms with Gasteiger partial charge in [-0.2, -0.15) is 0 Å². The number of rotatable bonds is 4. The van der Waals surface area contributed by atoms with Gasteiger partial charge in [0, 0.05) is 18.8 Å². The van der Waals surface area contributed by atoms with Crippen molar-refractivity contribution >= 4 is 11.6 Å². The van der Waals surface area contributed by atoms with Gasteiger partial charge in [0.05, 0.1) is 6.04 Å². The molecule has 0 saturated heterocycles. The summed E-state index contributed by atoms with van der Waals surface area (Å²) in [5, 5.41) is 6.36. The fourth-order valence-corrected chi connectivity index (χ4v) is 2.98. The molecule has 1 amide bonds. The van der Waals surface area contributed by atoms with Crippen molar-refractivity contribution in [3.8, 4) is 0 Å². The van der Waals surface area contributed by atoms with E-state index in [1.54, 1.807) is 0 Å². The van der Waals surface area contributed by atoms with Crippen molar-refractivity contribution in [2.45, 2.75) is 25.6 Å². The predicted octanol–water partition coefficient (Wildman–Crippen LogP) is 2.40. The number of fused-ring (bicyclic) bond motifs is 1. The molecule has 1 aliphatic heterocycles. The first-order valence-corrected chi connectivity index (χ1v) is 7.96. The van der Waals surface area contributed by atoms with Gasteiger partial charge in [-0.25, -0.2) is 0 Å². The molecule has 4 nitrogen and oxygen atoms in total. The van der Waals surface area contributed by atoms with Gasteiger partial charge in [-0.15, -0.1) is 0 Å². The third-order valence-electron chi connectivity index (χ3n) is 4.09. The Balaban J connectivity index is 1.66. The van der Waals surface area contributed by atoms with Gasteiger partial charge in [0.25, 0.3) is 0 Å². The van der Waals surface area contributed by atoms with E-state index in [0.717, 1.165) is 25.2 Å². The zero-order valence-electron chi connectivity index (χ0n) is 13.7. The molecule has 0 saturated carbocycles. The van der Waals surface area contributed by atoms with E-state index >= 15 is 0 Å². The number of hydrogen-bond acceptors (Lipinski definition) is 3. The minimum absolute atomic E-state index is 0.0292. The Bertz CT molecular complexity index is 697. The molecule has 2 aromatic carbocycles. The number of carbonyl (C=O) groups excluding carboxylic acids is 1. The summed E-state index contributed by atoms with van der Waals surface area (Å²) in [4.78, 5) is 14.6. The molecule has 2 N–H and O–H groups in total. The zero-order valence-corrected chi connectivity index (χ0v) is 13.7. The predicted molar refractivity (Wildman–Crippen MR) is 93.2 cm³/mol. The lowest BCUT2D eigenvalue weighted by molar-refractivity contribution is -0.118. The molecule has 2 aromatic rings. The molecule has 0 aliphatic carbocycles. The van der Waals surface area contributed by atoms with Crippen LogP contribution in [0.25, 0.3) is 0 Å². The molecule has 0 radical (unpaired) electrons. The van der Waals surface area contributed by atoms with Crippen LogP contribution < -0.4 is 10.6 Å². The van der Waals surface area contributed by atoms with Crippen molar-refractivity contribution in [3.63, 3.8) is 0 Å². The Labute approximate surface area is 137 Å². The summed E-state index contributed by atoms with van der Waals surface area (Å²) in [6.07, 6.45) is 0.736. The van der Waals surface area contributed by atoms with E-state index in [4.69, 9.17) is 0 Å². The van der Waals surface area contributed by atoms with Gasteiger partial charge in [-0.05, 0) is 49.3 Å². The molecular formula is C19H23N3O. The van der Waals surface area contributed by atoms with Gasteiger partial charge in [-0.1, -0.05) is 36.4 Å². The van der Waals surface area contributed by atoms with Crippen LogP contribution >= 0.6 is 0 Å². The van der Waals surface area contributed by atoms with Crippen molar-refractivity contribution < 1.29 is 4.79 Å². The van der Waals surface area contributed by atoms with Crippen LogP contribution in [-0.4, -0.2) is 30.9 Å². The molecule has 1 unspecified atom stereocenters. The van der Waals surface area contributed by atoms with Crippen molar-refractivity contribution in [2.75, 3.05) is 19.4 Å². The second kappa shape index (κ2) is 6.94. The minimum Gasteiger partial charge on any atom is -0.325 e. The lowest BCUT2D eigenvalue weighted by Crippen LogP contribution is -2.44. The third kappa shape index (κ3) is 3.97. The first-order chi connectivity index (χ1) is 11.1. The molecule has 3 rings (SSSR count). The summed E-state index contributed by atoms with van der Waals surface area (Å²) < 4.78 is 0. The first kappa shape index (κ1) is 15.7. The third-order valence-corrected chi connectivity index (χ3v) is 4.09. The molecule has 4 heteroatoms. The van der Waals surface area contributed by atoms with Gasteiger partial charge in [0.15, 0.2) is 0 Å². The van der Waals surface area contributed by atoms with Gasteiger partial charge >= 0.3 is 0 Å². The van der Waals surface area contributed by atoms with Gasteiger partial charge in [0.1, 0.15) is 0 Å². The number of benzene rings is 2. The summed E-state index contributed by atoms with van der Waals surface area (Å²) in [7, 11) is 4.07. The zero-order chi connectivity index (χ0) is 16.2. The molecule has 0 fully saturated rings. The fraction of sp³-hybridized carbons (Fsp3) is 0.316. The smallest absolute Gasteiger partial charge is 0.241 e. The maximum absolute atomic E-state index is 12.5. The van der Waals surface area contributed by atoms with E-state index in [1.807, 2.05) is 44.4 Å². The molecule has 1 atom stereocenters. The Hall–Kier alpha value is -2.17. The van der Waals surface area contributed by atoms with Gasteiger partial charge in [-0.3, -0.25) is 4.79 Å². The maximum Gasteiger partial charge on any atom is 0.241 e. The summed E-state index contributed by atoms with van der Waals surface area (Å²) in [5.41, 5.74) is 4.59. The van der Waals surface area contributed by atoms with E-state index in [1.165, 1.54) is 16.7 Å². The Morgan fingerprint density at radius 1 is 1.17 bits per heavy atom. The highest BCUT2D eigenvalue weighted by atomic mass is 16.2. The van der Waals surface area contributed by atoms with E-state index in [-0.39, 0.29) is 11.9 Å². The Kier molecular flexibility index (Phi) is 4.74. The highest BCUT2D eigenvalue weighted by Gasteiger charge is 2.23. The number of anilines is 1. The average molecular weight is 309 g/mol. The fourth-order valence-electron chi connectivity index (χ4n) is 2.98. The number of hydrogen-bond donors (Lipinski definition) is 2. The van der Waals surface area contributed by atoms with Crippen LogP contribution in [0.1, 0.15) is 16.7 Å². The van der Waals surface area contributed by atoms with E-state index in [9.17, 15) is 4.79 Å². The average Bonchev–Trinajstić information content (AvgIpc) is 2.54. The summed E-state index contributed by atoms with van der Waals surface area (Å²) in [5.74, 6) is 0.0292. The number of nitrogens with zero attached hydrogens (tertiary/aromatic N) is 1. The van der Waals surface area contributed by atoms with Crippen molar-refractivity contribution in [1.29, 1.82) is 0 Å². The Morgan fingerprint density at radius 3 is 2.74 bits per heavy atom. The van der Waals surface area contributed by atoms with Gasteiger partial charge in [0.2, 0.25) is 5.91 Å². The van der Waals surface area contributed by atoms with Crippen LogP contribution in [0.15, 0.2) is 48.5 Å². The number of nitrogens with one attached hydrogen (secondary N) is 2. The van der Waals surface area contributed by atoms with E-state index < -0.39 is 0 Å². The number of amides is 1. The topological polar surface area (TPSA) is 44.4 Å². The monoisotopic (exact) mass is 309 g/mol. The summed E-state index contributed by atoms with van der Waals surface area (Å²) in [6.45, 7) is 1.60. The molecule has 1 aliphatic rings. The van der Waals surface area contributed by atoms with E-state index in [2.05, 4.69) is 33.7 Å². The maximum atomic E-state index is 12.5. The Morgan fingerprint density at radius 2 is 1.96 bits per heavy atom. The van der Waals surface area contributed by atoms with Crippen molar-refractivity contribution in [2.24, 2.45) is 0 Å². The van der Waals surface area contributed by atoms with Crippen LogP contribution in [0.4, 0.5) is 5.69 Å². The van der Waals surface area contributed by atoms with Gasteiger partial charge < -0.3 is 15.5 Å². The second-order valence-electron chi connectivity index (χ2n) is 6.33. The lowest BCUT2D eigenvalue weighted by atomic mass is 9.95. The highest BCUT2D eigenvalue weighted by molar-refractivity contribution is 5.95. The number of carbonyl (C=O) groups is 1. The summed E-state index contributed by atoms with van der Waals surface area (Å²) >= 11 is 0. The molecular weight excluding hydrogens is 286 g/mol.